The monoisotopic (exact) mass is 162 g/mol. The van der Waals surface area contributed by atoms with Crippen LogP contribution in [0.5, 0.6) is 0 Å². The molecule has 0 fully saturated rings. The van der Waals surface area contributed by atoms with Crippen LogP contribution in [0.25, 0.3) is 0 Å². The van der Waals surface area contributed by atoms with Crippen molar-refractivity contribution in [1.29, 1.82) is 0 Å². The minimum atomic E-state index is 0.818. The first-order valence-electron chi connectivity index (χ1n) is 4.15. The zero-order chi connectivity index (χ0) is 8.81. The summed E-state index contributed by atoms with van der Waals surface area (Å²) in [6, 6.07) is 8.14. The van der Waals surface area contributed by atoms with Gasteiger partial charge in [0.15, 0.2) is 0 Å². The van der Waals surface area contributed by atoms with E-state index < -0.39 is 0 Å². The van der Waals surface area contributed by atoms with Crippen LogP contribution in [0.1, 0.15) is 12.5 Å². The van der Waals surface area contributed by atoms with Gasteiger partial charge in [-0.3, -0.25) is 4.99 Å². The summed E-state index contributed by atoms with van der Waals surface area (Å²) in [6.45, 7) is 4.90. The van der Waals surface area contributed by atoms with Crippen molar-refractivity contribution in [2.45, 2.75) is 13.8 Å². The number of nitrogens with zero attached hydrogens (tertiary/aromatic N) is 1. The highest BCUT2D eigenvalue weighted by Crippen LogP contribution is 2.11. The lowest BCUT2D eigenvalue weighted by atomic mass is 10.2. The van der Waals surface area contributed by atoms with Crippen molar-refractivity contribution in [1.82, 2.24) is 0 Å². The fourth-order valence-electron chi connectivity index (χ4n) is 0.941. The normalized spacial score (nSPS) is 10.5. The van der Waals surface area contributed by atoms with E-state index in [1.165, 1.54) is 5.56 Å². The third-order valence-electron chi connectivity index (χ3n) is 1.64. The Balaban J connectivity index is 2.63. The molecule has 1 rings (SSSR count). The predicted molar refractivity (Wildman–Crippen MR) is 53.8 cm³/mol. The molecule has 0 bridgehead atoms. The standard InChI is InChI=1S/C10H14N2/c1-3-11-8-12-10-7-5-4-6-9(10)2/h4-8H,3H2,1-2H3,(H,11,12). The predicted octanol–water partition coefficient (Wildman–Crippen LogP) is 2.46. The molecule has 0 aliphatic carbocycles. The van der Waals surface area contributed by atoms with Gasteiger partial charge < -0.3 is 5.32 Å². The summed E-state index contributed by atoms with van der Waals surface area (Å²) in [5, 5.41) is 3.12. The molecule has 0 heterocycles. The Hall–Kier alpha value is -1.31. The van der Waals surface area contributed by atoms with Crippen LogP contribution in [-0.4, -0.2) is 12.9 Å². The number of aliphatic imine (C=N–C) groups is 1. The first-order chi connectivity index (χ1) is 5.84. The van der Waals surface area contributed by atoms with Crippen LogP contribution in [-0.2, 0) is 0 Å². The number of anilines is 1. The Morgan fingerprint density at radius 1 is 1.42 bits per heavy atom. The second-order valence-corrected chi connectivity index (χ2v) is 2.59. The lowest BCUT2D eigenvalue weighted by molar-refractivity contribution is 1.14. The average Bonchev–Trinajstić information content (AvgIpc) is 2.09. The molecule has 0 unspecified atom stereocenters. The molecule has 0 saturated carbocycles. The Bertz CT molecular complexity index is 266. The molecule has 1 aromatic carbocycles. The number of benzene rings is 1. The van der Waals surface area contributed by atoms with E-state index in [1.54, 1.807) is 6.34 Å². The van der Waals surface area contributed by atoms with Crippen LogP contribution < -0.4 is 5.32 Å². The Morgan fingerprint density at radius 2 is 2.17 bits per heavy atom. The summed E-state index contributed by atoms with van der Waals surface area (Å²) in [6.07, 6.45) is 1.74. The molecule has 12 heavy (non-hydrogen) atoms. The summed E-state index contributed by atoms with van der Waals surface area (Å²) >= 11 is 0. The van der Waals surface area contributed by atoms with E-state index in [1.807, 2.05) is 25.1 Å². The maximum absolute atomic E-state index is 4.07. The van der Waals surface area contributed by atoms with E-state index in [2.05, 4.69) is 23.3 Å². The van der Waals surface area contributed by atoms with Crippen LogP contribution in [0.15, 0.2) is 29.3 Å². The lowest BCUT2D eigenvalue weighted by Gasteiger charge is -2.02. The van der Waals surface area contributed by atoms with Crippen LogP contribution in [0.4, 0.5) is 5.69 Å². The van der Waals surface area contributed by atoms with Crippen molar-refractivity contribution in [3.63, 3.8) is 0 Å². The third kappa shape index (κ3) is 2.38. The zero-order valence-corrected chi connectivity index (χ0v) is 7.54. The molecule has 0 aliphatic rings. The minimum Gasteiger partial charge on any atom is -0.347 e. The molecule has 2 heteroatoms. The van der Waals surface area contributed by atoms with Gasteiger partial charge in [-0.2, -0.15) is 0 Å². The van der Waals surface area contributed by atoms with E-state index in [0.29, 0.717) is 0 Å². The zero-order valence-electron chi connectivity index (χ0n) is 7.54. The fourth-order valence-corrected chi connectivity index (χ4v) is 0.941. The highest BCUT2D eigenvalue weighted by atomic mass is 14.9. The van der Waals surface area contributed by atoms with Crippen LogP contribution in [0.3, 0.4) is 0 Å². The van der Waals surface area contributed by atoms with E-state index in [0.717, 1.165) is 12.2 Å². The fraction of sp³-hybridized carbons (Fsp3) is 0.300. The van der Waals surface area contributed by atoms with Crippen LogP contribution in [0.2, 0.25) is 0 Å². The summed E-state index contributed by atoms with van der Waals surface area (Å²) in [7, 11) is 0. The molecule has 1 aromatic rings. The van der Waals surface area contributed by atoms with Gasteiger partial charge in [0.25, 0.3) is 0 Å². The van der Waals surface area contributed by atoms with E-state index in [4.69, 9.17) is 0 Å². The first-order valence-corrected chi connectivity index (χ1v) is 4.15. The number of hydrogen-bond donors (Lipinski definition) is 1. The van der Waals surface area contributed by atoms with Gasteiger partial charge in [0.1, 0.15) is 0 Å². The average molecular weight is 162 g/mol. The smallest absolute Gasteiger partial charge is 0.0867 e. The lowest BCUT2D eigenvalue weighted by Crippen LogP contribution is -1.96. The summed E-state index contributed by atoms with van der Waals surface area (Å²) < 4.78 is 0. The Labute approximate surface area is 73.3 Å². The van der Waals surface area contributed by atoms with Gasteiger partial charge in [0.2, 0.25) is 0 Å². The topological polar surface area (TPSA) is 24.4 Å². The molecule has 0 saturated heterocycles. The molecular formula is C10H14N2. The molecule has 0 aromatic heterocycles. The molecule has 0 spiro atoms. The minimum absolute atomic E-state index is 0.818. The molecule has 0 aliphatic heterocycles. The number of hydrogen-bond acceptors (Lipinski definition) is 1. The first kappa shape index (κ1) is 8.78. The molecule has 0 atom stereocenters. The number of nitrogens with one attached hydrogen (secondary N) is 1. The SMILES string of the molecule is CC/N=C/Nc1ccccc1C. The van der Waals surface area contributed by atoms with Gasteiger partial charge in [0, 0.05) is 12.2 Å². The maximum atomic E-state index is 4.07. The van der Waals surface area contributed by atoms with Crippen molar-refractivity contribution >= 4 is 12.0 Å². The Kier molecular flexibility index (Phi) is 3.33. The van der Waals surface area contributed by atoms with Gasteiger partial charge >= 0.3 is 0 Å². The quantitative estimate of drug-likeness (QED) is 0.536. The number of para-hydroxylation sites is 1. The molecule has 0 radical (unpaired) electrons. The summed E-state index contributed by atoms with van der Waals surface area (Å²) in [4.78, 5) is 4.07. The van der Waals surface area contributed by atoms with Crippen molar-refractivity contribution in [3.8, 4) is 0 Å². The largest absolute Gasteiger partial charge is 0.347 e. The van der Waals surface area contributed by atoms with E-state index in [-0.39, 0.29) is 0 Å². The highest BCUT2D eigenvalue weighted by Gasteiger charge is 1.90. The molecular weight excluding hydrogens is 148 g/mol. The van der Waals surface area contributed by atoms with Gasteiger partial charge in [0.05, 0.1) is 6.34 Å². The summed E-state index contributed by atoms with van der Waals surface area (Å²) in [5.41, 5.74) is 2.36. The molecule has 64 valence electrons. The van der Waals surface area contributed by atoms with E-state index >= 15 is 0 Å². The van der Waals surface area contributed by atoms with E-state index in [9.17, 15) is 0 Å². The van der Waals surface area contributed by atoms with Crippen molar-refractivity contribution in [2.24, 2.45) is 4.99 Å². The van der Waals surface area contributed by atoms with Crippen molar-refractivity contribution < 1.29 is 0 Å². The third-order valence-corrected chi connectivity index (χ3v) is 1.64. The highest BCUT2D eigenvalue weighted by molar-refractivity contribution is 5.76. The van der Waals surface area contributed by atoms with Gasteiger partial charge in [-0.05, 0) is 25.5 Å². The number of aryl methyl sites for hydroxylation is 1. The Morgan fingerprint density at radius 3 is 2.83 bits per heavy atom. The molecule has 2 nitrogen and oxygen atoms in total. The summed E-state index contributed by atoms with van der Waals surface area (Å²) in [5.74, 6) is 0. The van der Waals surface area contributed by atoms with Crippen LogP contribution >= 0.6 is 0 Å². The second kappa shape index (κ2) is 4.54. The molecule has 0 amide bonds. The van der Waals surface area contributed by atoms with Gasteiger partial charge in [-0.15, -0.1) is 0 Å². The van der Waals surface area contributed by atoms with Gasteiger partial charge in [-0.1, -0.05) is 18.2 Å². The van der Waals surface area contributed by atoms with Crippen molar-refractivity contribution in [3.05, 3.63) is 29.8 Å². The van der Waals surface area contributed by atoms with Crippen LogP contribution in [0, 0.1) is 6.92 Å². The molecule has 1 N–H and O–H groups in total. The van der Waals surface area contributed by atoms with Crippen molar-refractivity contribution in [2.75, 3.05) is 11.9 Å². The second-order valence-electron chi connectivity index (χ2n) is 2.59. The van der Waals surface area contributed by atoms with Gasteiger partial charge in [-0.25, -0.2) is 0 Å². The maximum Gasteiger partial charge on any atom is 0.0867 e. The number of rotatable bonds is 3.